The van der Waals surface area contributed by atoms with Crippen LogP contribution in [0.4, 0.5) is 0 Å². The number of likely N-dealkylation sites (tertiary alicyclic amines) is 1. The van der Waals surface area contributed by atoms with E-state index in [1.54, 1.807) is 0 Å². The zero-order chi connectivity index (χ0) is 13.0. The van der Waals surface area contributed by atoms with Crippen LogP contribution in [0.25, 0.3) is 0 Å². The lowest BCUT2D eigenvalue weighted by Gasteiger charge is -2.42. The number of piperidine rings is 1. The van der Waals surface area contributed by atoms with Gasteiger partial charge in [-0.2, -0.15) is 0 Å². The minimum atomic E-state index is 0.409. The van der Waals surface area contributed by atoms with Crippen molar-refractivity contribution in [2.24, 2.45) is 5.92 Å². The average Bonchev–Trinajstić information content (AvgIpc) is 2.40. The first-order valence-electron chi connectivity index (χ1n) is 7.08. The van der Waals surface area contributed by atoms with E-state index in [0.29, 0.717) is 18.1 Å². The Labute approximate surface area is 111 Å². The van der Waals surface area contributed by atoms with Crippen molar-refractivity contribution in [3.05, 3.63) is 35.9 Å². The highest BCUT2D eigenvalue weighted by atomic mass is 16.5. The first-order chi connectivity index (χ1) is 8.72. The monoisotopic (exact) mass is 247 g/mol. The molecule has 0 spiro atoms. The molecule has 0 aliphatic carbocycles. The second kappa shape index (κ2) is 6.35. The van der Waals surface area contributed by atoms with Gasteiger partial charge in [-0.1, -0.05) is 44.2 Å². The number of hydrogen-bond donors (Lipinski definition) is 0. The zero-order valence-corrected chi connectivity index (χ0v) is 11.8. The molecular formula is C16H25NO. The molecule has 0 unspecified atom stereocenters. The smallest absolute Gasteiger partial charge is 0.0720 e. The van der Waals surface area contributed by atoms with Gasteiger partial charge in [0.05, 0.1) is 12.7 Å². The van der Waals surface area contributed by atoms with Crippen molar-refractivity contribution < 1.29 is 4.74 Å². The van der Waals surface area contributed by atoms with Crippen LogP contribution in [0.5, 0.6) is 0 Å². The van der Waals surface area contributed by atoms with Gasteiger partial charge in [0, 0.05) is 12.6 Å². The van der Waals surface area contributed by atoms with Gasteiger partial charge in [-0.3, -0.25) is 0 Å². The number of rotatable bonds is 4. The SMILES string of the molecule is CC[C@@H]1[C@@H](C)[C@H](OCc2ccccc2)CCN1C. The van der Waals surface area contributed by atoms with Crippen molar-refractivity contribution in [2.75, 3.05) is 13.6 Å². The molecule has 1 aromatic carbocycles. The van der Waals surface area contributed by atoms with Crippen molar-refractivity contribution in [3.8, 4) is 0 Å². The predicted octanol–water partition coefficient (Wildman–Crippen LogP) is 3.32. The Morgan fingerprint density at radius 1 is 1.28 bits per heavy atom. The molecule has 1 aliphatic rings. The number of nitrogens with zero attached hydrogens (tertiary/aromatic N) is 1. The van der Waals surface area contributed by atoms with Gasteiger partial charge in [0.25, 0.3) is 0 Å². The molecule has 1 saturated heterocycles. The average molecular weight is 247 g/mol. The Hall–Kier alpha value is -0.860. The van der Waals surface area contributed by atoms with Gasteiger partial charge in [-0.25, -0.2) is 0 Å². The van der Waals surface area contributed by atoms with Gasteiger partial charge in [-0.15, -0.1) is 0 Å². The minimum absolute atomic E-state index is 0.409. The number of benzene rings is 1. The van der Waals surface area contributed by atoms with E-state index in [0.717, 1.165) is 19.6 Å². The fourth-order valence-electron chi connectivity index (χ4n) is 3.10. The summed E-state index contributed by atoms with van der Waals surface area (Å²) in [5.74, 6) is 0.623. The lowest BCUT2D eigenvalue weighted by Crippen LogP contribution is -2.48. The molecule has 0 saturated carbocycles. The van der Waals surface area contributed by atoms with Crippen LogP contribution < -0.4 is 0 Å². The maximum absolute atomic E-state index is 6.14. The van der Waals surface area contributed by atoms with Gasteiger partial charge in [0.15, 0.2) is 0 Å². The molecule has 0 N–H and O–H groups in total. The summed E-state index contributed by atoms with van der Waals surface area (Å²) in [4.78, 5) is 2.48. The second-order valence-electron chi connectivity index (χ2n) is 5.44. The fourth-order valence-corrected chi connectivity index (χ4v) is 3.10. The molecule has 0 radical (unpaired) electrons. The van der Waals surface area contributed by atoms with E-state index in [1.807, 2.05) is 0 Å². The van der Waals surface area contributed by atoms with Crippen LogP contribution in [0.2, 0.25) is 0 Å². The van der Waals surface area contributed by atoms with E-state index in [-0.39, 0.29) is 0 Å². The summed E-state index contributed by atoms with van der Waals surface area (Å²) in [6, 6.07) is 11.1. The van der Waals surface area contributed by atoms with Gasteiger partial charge in [0.2, 0.25) is 0 Å². The Morgan fingerprint density at radius 3 is 2.67 bits per heavy atom. The molecule has 0 bridgehead atoms. The summed E-state index contributed by atoms with van der Waals surface area (Å²) in [5.41, 5.74) is 1.27. The normalized spacial score (nSPS) is 29.4. The Balaban J connectivity index is 1.90. The molecule has 2 nitrogen and oxygen atoms in total. The lowest BCUT2D eigenvalue weighted by atomic mass is 9.87. The first-order valence-corrected chi connectivity index (χ1v) is 7.08. The van der Waals surface area contributed by atoms with Gasteiger partial charge >= 0.3 is 0 Å². The molecule has 1 aliphatic heterocycles. The summed E-state index contributed by atoms with van der Waals surface area (Å²) < 4.78 is 6.14. The third-order valence-electron chi connectivity index (χ3n) is 4.25. The van der Waals surface area contributed by atoms with Gasteiger partial charge < -0.3 is 9.64 Å². The molecular weight excluding hydrogens is 222 g/mol. The molecule has 18 heavy (non-hydrogen) atoms. The van der Waals surface area contributed by atoms with E-state index in [1.165, 1.54) is 12.0 Å². The summed E-state index contributed by atoms with van der Waals surface area (Å²) in [6.45, 7) is 6.51. The molecule has 1 fully saturated rings. The van der Waals surface area contributed by atoms with Crippen molar-refractivity contribution in [1.82, 2.24) is 4.90 Å². The van der Waals surface area contributed by atoms with Crippen molar-refractivity contribution >= 4 is 0 Å². The first kappa shape index (κ1) is 13.6. The quantitative estimate of drug-likeness (QED) is 0.809. The standard InChI is InChI=1S/C16H25NO/c1-4-15-13(2)16(10-11-17(15)3)18-12-14-8-6-5-7-9-14/h5-9,13,15-16H,4,10-12H2,1-3H3/t13-,15-,16-/m1/s1. The molecule has 3 atom stereocenters. The largest absolute Gasteiger partial charge is 0.373 e. The lowest BCUT2D eigenvalue weighted by molar-refractivity contribution is -0.0570. The molecule has 0 aromatic heterocycles. The molecule has 2 heteroatoms. The van der Waals surface area contributed by atoms with Crippen molar-refractivity contribution in [3.63, 3.8) is 0 Å². The summed E-state index contributed by atoms with van der Waals surface area (Å²) in [7, 11) is 2.23. The van der Waals surface area contributed by atoms with E-state index in [2.05, 4.69) is 56.1 Å². The topological polar surface area (TPSA) is 12.5 Å². The predicted molar refractivity (Wildman–Crippen MR) is 75.5 cm³/mol. The Morgan fingerprint density at radius 2 is 2.00 bits per heavy atom. The van der Waals surface area contributed by atoms with Crippen LogP contribution in [0.3, 0.4) is 0 Å². The molecule has 0 amide bonds. The van der Waals surface area contributed by atoms with Gasteiger partial charge in [-0.05, 0) is 31.4 Å². The third-order valence-corrected chi connectivity index (χ3v) is 4.25. The highest BCUT2D eigenvalue weighted by Gasteiger charge is 2.32. The minimum Gasteiger partial charge on any atom is -0.373 e. The van der Waals surface area contributed by atoms with E-state index in [9.17, 15) is 0 Å². The maximum atomic E-state index is 6.14. The van der Waals surface area contributed by atoms with Crippen LogP contribution in [-0.2, 0) is 11.3 Å². The Bertz CT molecular complexity index is 351. The van der Waals surface area contributed by atoms with Crippen molar-refractivity contribution in [2.45, 2.75) is 45.4 Å². The van der Waals surface area contributed by atoms with Gasteiger partial charge in [0.1, 0.15) is 0 Å². The van der Waals surface area contributed by atoms with Crippen LogP contribution in [0.15, 0.2) is 30.3 Å². The third kappa shape index (κ3) is 3.12. The van der Waals surface area contributed by atoms with E-state index in [4.69, 9.17) is 4.74 Å². The number of hydrogen-bond acceptors (Lipinski definition) is 2. The molecule has 1 heterocycles. The number of ether oxygens (including phenoxy) is 1. The summed E-state index contributed by atoms with van der Waals surface area (Å²) >= 11 is 0. The molecule has 1 aromatic rings. The summed E-state index contributed by atoms with van der Waals surface area (Å²) in [5, 5.41) is 0. The molecule has 2 rings (SSSR count). The Kier molecular flexibility index (Phi) is 4.79. The van der Waals surface area contributed by atoms with Crippen LogP contribution in [0.1, 0.15) is 32.3 Å². The fraction of sp³-hybridized carbons (Fsp3) is 0.625. The molecule has 100 valence electrons. The van der Waals surface area contributed by atoms with E-state index >= 15 is 0 Å². The second-order valence-corrected chi connectivity index (χ2v) is 5.44. The highest BCUT2D eigenvalue weighted by Crippen LogP contribution is 2.27. The zero-order valence-electron chi connectivity index (χ0n) is 11.8. The van der Waals surface area contributed by atoms with Crippen LogP contribution in [-0.4, -0.2) is 30.6 Å². The summed E-state index contributed by atoms with van der Waals surface area (Å²) in [6.07, 6.45) is 2.77. The van der Waals surface area contributed by atoms with Crippen LogP contribution in [0, 0.1) is 5.92 Å². The van der Waals surface area contributed by atoms with Crippen LogP contribution >= 0.6 is 0 Å². The van der Waals surface area contributed by atoms with E-state index < -0.39 is 0 Å². The van der Waals surface area contributed by atoms with Crippen molar-refractivity contribution in [1.29, 1.82) is 0 Å². The maximum Gasteiger partial charge on any atom is 0.0720 e. The highest BCUT2D eigenvalue weighted by molar-refractivity contribution is 5.13.